The number of esters is 1. The van der Waals surface area contributed by atoms with E-state index in [1.54, 1.807) is 43.4 Å². The second-order valence-electron chi connectivity index (χ2n) is 4.51. The van der Waals surface area contributed by atoms with Crippen molar-refractivity contribution in [3.8, 4) is 5.88 Å². The summed E-state index contributed by atoms with van der Waals surface area (Å²) in [4.78, 5) is 29.7. The first-order chi connectivity index (χ1) is 12.0. The zero-order valence-corrected chi connectivity index (χ0v) is 16.1. The van der Waals surface area contributed by atoms with Crippen molar-refractivity contribution in [2.45, 2.75) is 0 Å². The van der Waals surface area contributed by atoms with E-state index < -0.39 is 5.97 Å². The minimum atomic E-state index is -0.497. The number of amides is 1. The summed E-state index contributed by atoms with van der Waals surface area (Å²) in [5.41, 5.74) is 1.18. The molecule has 2 rings (SSSR count). The van der Waals surface area contributed by atoms with Crippen molar-refractivity contribution < 1.29 is 32.2 Å². The number of benzene rings is 1. The molecule has 0 unspecified atom stereocenters. The average molecular weight is 435 g/mol. The van der Waals surface area contributed by atoms with Gasteiger partial charge in [0.05, 0.1) is 31.0 Å². The zero-order valence-electron chi connectivity index (χ0n) is 13.6. The molecular weight excluding hydrogens is 419 g/mol. The van der Waals surface area contributed by atoms with Crippen LogP contribution < -0.4 is 9.64 Å². The topological polar surface area (TPSA) is 68.7 Å². The Morgan fingerprint density at radius 2 is 1.76 bits per heavy atom. The van der Waals surface area contributed by atoms with Crippen molar-refractivity contribution >= 4 is 37.8 Å². The van der Waals surface area contributed by atoms with Gasteiger partial charge in [-0.1, -0.05) is 12.1 Å². The molecule has 1 amide bonds. The van der Waals surface area contributed by atoms with Crippen molar-refractivity contribution in [3.63, 3.8) is 0 Å². The van der Waals surface area contributed by atoms with Gasteiger partial charge < -0.3 is 14.4 Å². The first-order valence-corrected chi connectivity index (χ1v) is 9.36. The molecule has 25 heavy (non-hydrogen) atoms. The van der Waals surface area contributed by atoms with Crippen LogP contribution in [0, 0.1) is 0 Å². The van der Waals surface area contributed by atoms with E-state index in [2.05, 4.69) is 25.2 Å². The number of hydrogen-bond acceptors (Lipinski definition) is 5. The Balaban J connectivity index is 0.000000970. The monoisotopic (exact) mass is 433 g/mol. The van der Waals surface area contributed by atoms with E-state index in [4.69, 9.17) is 9.47 Å². The van der Waals surface area contributed by atoms with Crippen molar-refractivity contribution in [2.75, 3.05) is 26.2 Å². The average Bonchev–Trinajstić information content (AvgIpc) is 2.67. The van der Waals surface area contributed by atoms with Gasteiger partial charge in [-0.25, -0.2) is 9.78 Å². The molecule has 0 spiro atoms. The number of aromatic nitrogens is 1. The van der Waals surface area contributed by atoms with Gasteiger partial charge in [-0.3, -0.25) is 4.79 Å². The number of halogens is 2. The molecule has 0 aliphatic heterocycles. The van der Waals surface area contributed by atoms with Gasteiger partial charge in [0.2, 0.25) is 5.88 Å². The van der Waals surface area contributed by atoms with Gasteiger partial charge in [0.25, 0.3) is 5.91 Å². The number of hydrogen-bond donors (Lipinski definition) is 0. The van der Waals surface area contributed by atoms with Gasteiger partial charge in [0.1, 0.15) is 0 Å². The molecule has 1 heterocycles. The first-order valence-electron chi connectivity index (χ1n) is 6.76. The Kier molecular flexibility index (Phi) is 9.31. The van der Waals surface area contributed by atoms with Crippen molar-refractivity contribution in [3.05, 3.63) is 53.7 Å². The van der Waals surface area contributed by atoms with Crippen LogP contribution in [0.25, 0.3) is 0 Å². The molecule has 0 aliphatic rings. The fraction of sp³-hybridized carbons (Fsp3) is 0.188. The summed E-state index contributed by atoms with van der Waals surface area (Å²) in [6, 6.07) is 9.97. The number of ether oxygens (including phenoxy) is 2. The van der Waals surface area contributed by atoms with Gasteiger partial charge in [-0.05, 0) is 18.2 Å². The molecule has 0 aliphatic carbocycles. The van der Waals surface area contributed by atoms with Crippen molar-refractivity contribution in [1.82, 2.24) is 4.98 Å². The number of carbonyl (C=O) groups is 2. The Morgan fingerprint density at radius 1 is 1.12 bits per heavy atom. The molecule has 139 valence electrons. The van der Waals surface area contributed by atoms with Gasteiger partial charge in [0.15, 0.2) is 0 Å². The van der Waals surface area contributed by atoms with Crippen LogP contribution >= 0.6 is 20.2 Å². The number of para-hydroxylation sites is 1. The minimum absolute atomic E-state index is 0.286. The van der Waals surface area contributed by atoms with Crippen LogP contribution in [-0.2, 0) is 17.9 Å². The van der Waals surface area contributed by atoms with Crippen LogP contribution in [0.3, 0.4) is 0 Å². The van der Waals surface area contributed by atoms with E-state index in [9.17, 15) is 9.59 Å². The Morgan fingerprint density at radius 3 is 2.28 bits per heavy atom. The molecule has 1 aromatic heterocycles. The SMILES string of the molecule is COC(=O)c1ccccc1N(C)C(=O)c1ccc(OC)nc1.[Cl][Cu][Cl]. The van der Waals surface area contributed by atoms with Crippen LogP contribution in [-0.4, -0.2) is 38.1 Å². The van der Waals surface area contributed by atoms with Gasteiger partial charge >= 0.3 is 39.3 Å². The summed E-state index contributed by atoms with van der Waals surface area (Å²) in [7, 11) is 13.7. The molecule has 9 heteroatoms. The quantitative estimate of drug-likeness (QED) is 0.544. The Hall–Kier alpha value is -1.79. The van der Waals surface area contributed by atoms with Crippen molar-refractivity contribution in [2.24, 2.45) is 0 Å². The predicted octanol–water partition coefficient (Wildman–Crippen LogP) is 3.53. The number of nitrogens with zero attached hydrogens (tertiary/aromatic N) is 2. The van der Waals surface area contributed by atoms with Gasteiger partial charge in [-0.15, -0.1) is 0 Å². The van der Waals surface area contributed by atoms with Crippen molar-refractivity contribution in [1.29, 1.82) is 0 Å². The molecular formula is C16H16Cl2CuN2O4. The second kappa shape index (κ2) is 10.9. The molecule has 0 radical (unpaired) electrons. The summed E-state index contributed by atoms with van der Waals surface area (Å²) >= 11 is 0.757. The van der Waals surface area contributed by atoms with E-state index in [-0.39, 0.29) is 5.91 Å². The number of anilines is 1. The van der Waals surface area contributed by atoms with E-state index in [0.29, 0.717) is 22.7 Å². The molecule has 6 nitrogen and oxygen atoms in total. The van der Waals surface area contributed by atoms with Crippen LogP contribution in [0.4, 0.5) is 5.69 Å². The fourth-order valence-electron chi connectivity index (χ4n) is 1.98. The molecule has 0 saturated heterocycles. The summed E-state index contributed by atoms with van der Waals surface area (Å²) < 4.78 is 9.70. The summed E-state index contributed by atoms with van der Waals surface area (Å²) in [6.07, 6.45) is 1.43. The summed E-state index contributed by atoms with van der Waals surface area (Å²) in [5, 5.41) is 0. The van der Waals surface area contributed by atoms with E-state index in [0.717, 1.165) is 13.1 Å². The van der Waals surface area contributed by atoms with E-state index >= 15 is 0 Å². The van der Waals surface area contributed by atoms with Gasteiger partial charge in [-0.2, -0.15) is 0 Å². The first kappa shape index (κ1) is 21.3. The Bertz CT molecular complexity index is 714. The standard InChI is InChI=1S/C16H16N2O4.2ClH.Cu/c1-18(13-7-5-4-6-12(13)16(20)22-3)15(19)11-8-9-14(21-2)17-10-11;;;/h4-10H,1-3H3;2*1H;/q;;;+2/p-2. The maximum atomic E-state index is 12.5. The third kappa shape index (κ3) is 5.90. The normalized spacial score (nSPS) is 9.64. The molecule has 0 saturated carbocycles. The maximum absolute atomic E-state index is 12.5. The Labute approximate surface area is 160 Å². The third-order valence-electron chi connectivity index (χ3n) is 3.17. The van der Waals surface area contributed by atoms with Crippen LogP contribution in [0.5, 0.6) is 5.88 Å². The van der Waals surface area contributed by atoms with E-state index in [1.165, 1.54) is 25.3 Å². The van der Waals surface area contributed by atoms with Crippen LogP contribution in [0.15, 0.2) is 42.6 Å². The third-order valence-corrected chi connectivity index (χ3v) is 3.17. The molecule has 1 aromatic carbocycles. The van der Waals surface area contributed by atoms with Crippen LogP contribution in [0.2, 0.25) is 0 Å². The summed E-state index contributed by atoms with van der Waals surface area (Å²) in [5.74, 6) is -0.358. The molecule has 0 N–H and O–H groups in total. The summed E-state index contributed by atoms with van der Waals surface area (Å²) in [6.45, 7) is 0. The number of pyridine rings is 1. The zero-order chi connectivity index (χ0) is 18.8. The van der Waals surface area contributed by atoms with Gasteiger partial charge in [0, 0.05) is 19.3 Å². The molecule has 0 bridgehead atoms. The predicted molar refractivity (Wildman–Crippen MR) is 93.0 cm³/mol. The molecule has 0 fully saturated rings. The number of carbonyl (C=O) groups excluding carboxylic acids is 2. The number of rotatable bonds is 4. The molecule has 0 atom stereocenters. The second-order valence-corrected chi connectivity index (χ2v) is 6.06. The van der Waals surface area contributed by atoms with Crippen LogP contribution in [0.1, 0.15) is 20.7 Å². The molecule has 2 aromatic rings. The van der Waals surface area contributed by atoms with E-state index in [1.807, 2.05) is 0 Å². The number of methoxy groups -OCH3 is 2. The fourth-order valence-corrected chi connectivity index (χ4v) is 1.98.